The molecule has 0 radical (unpaired) electrons. The fraction of sp³-hybridized carbons (Fsp3) is 0.929. The predicted molar refractivity (Wildman–Crippen MR) is 76.6 cm³/mol. The summed E-state index contributed by atoms with van der Waals surface area (Å²) in [5.74, 6) is -0.0441. The minimum Gasteiger partial charge on any atom is -0.463 e. The Morgan fingerprint density at radius 2 is 1.41 bits per heavy atom. The lowest BCUT2D eigenvalue weighted by atomic mass is 10.1. The Labute approximate surface area is 115 Å². The summed E-state index contributed by atoms with van der Waals surface area (Å²) < 4.78 is 5.08. The molecule has 0 unspecified atom stereocenters. The van der Waals surface area contributed by atoms with Gasteiger partial charge in [-0.2, -0.15) is 0 Å². The highest BCUT2D eigenvalue weighted by atomic mass is 79.9. The Morgan fingerprint density at radius 1 is 0.941 bits per heavy atom. The molecule has 17 heavy (non-hydrogen) atoms. The Bertz CT molecular complexity index is 181. The molecule has 102 valence electrons. The van der Waals surface area contributed by atoms with Gasteiger partial charge in [-0.05, 0) is 26.7 Å². The third kappa shape index (κ3) is 13.9. The molecule has 0 bridgehead atoms. The number of hydrogen-bond acceptors (Lipinski definition) is 2. The molecule has 0 aliphatic heterocycles. The van der Waals surface area contributed by atoms with Crippen molar-refractivity contribution < 1.29 is 9.53 Å². The molecule has 0 spiro atoms. The van der Waals surface area contributed by atoms with Crippen LogP contribution in [0.2, 0.25) is 0 Å². The van der Waals surface area contributed by atoms with E-state index in [1.54, 1.807) is 0 Å². The molecule has 0 aliphatic rings. The van der Waals surface area contributed by atoms with Gasteiger partial charge < -0.3 is 4.74 Å². The van der Waals surface area contributed by atoms with Crippen molar-refractivity contribution in [2.45, 2.75) is 77.7 Å². The smallest absolute Gasteiger partial charge is 0.306 e. The molecule has 0 aromatic carbocycles. The van der Waals surface area contributed by atoms with Gasteiger partial charge in [0.15, 0.2) is 0 Å². The maximum atomic E-state index is 11.2. The molecule has 0 heterocycles. The van der Waals surface area contributed by atoms with Crippen LogP contribution in [0.1, 0.15) is 71.6 Å². The maximum absolute atomic E-state index is 11.2. The zero-order valence-electron chi connectivity index (χ0n) is 11.3. The normalized spacial score (nSPS) is 10.8. The Balaban J connectivity index is 3.10. The highest BCUT2D eigenvalue weighted by Gasteiger charge is 2.04. The fourth-order valence-electron chi connectivity index (χ4n) is 1.75. The summed E-state index contributed by atoms with van der Waals surface area (Å²) in [7, 11) is 0. The third-order valence-corrected chi connectivity index (χ3v) is 3.19. The van der Waals surface area contributed by atoms with Crippen LogP contribution < -0.4 is 0 Å². The zero-order chi connectivity index (χ0) is 12.9. The molecule has 0 amide bonds. The van der Waals surface area contributed by atoms with E-state index in [0.717, 1.165) is 18.2 Å². The molecular formula is C14H27BrO2. The summed E-state index contributed by atoms with van der Waals surface area (Å²) in [5, 5.41) is 1.13. The summed E-state index contributed by atoms with van der Waals surface area (Å²) >= 11 is 3.44. The first-order chi connectivity index (χ1) is 8.16. The standard InChI is InChI=1S/C14H27BrO2/c1-13(2)17-14(16)11-9-7-5-3-4-6-8-10-12-15/h13H,3-12H2,1-2H3. The molecule has 2 nitrogen and oxygen atoms in total. The molecule has 0 saturated carbocycles. The number of rotatable bonds is 11. The van der Waals surface area contributed by atoms with Crippen molar-refractivity contribution in [3.8, 4) is 0 Å². The average Bonchev–Trinajstić information content (AvgIpc) is 2.26. The second kappa shape index (κ2) is 12.4. The van der Waals surface area contributed by atoms with Gasteiger partial charge >= 0.3 is 5.97 Å². The minimum absolute atomic E-state index is 0.0249. The first-order valence-corrected chi connectivity index (χ1v) is 8.04. The summed E-state index contributed by atoms with van der Waals surface area (Å²) in [6.45, 7) is 3.79. The Kier molecular flexibility index (Phi) is 12.4. The molecule has 3 heteroatoms. The molecule has 0 aliphatic carbocycles. The number of esters is 1. The monoisotopic (exact) mass is 306 g/mol. The van der Waals surface area contributed by atoms with E-state index in [4.69, 9.17) is 4.74 Å². The second-order valence-electron chi connectivity index (χ2n) is 4.81. The van der Waals surface area contributed by atoms with Crippen LogP contribution in [-0.2, 0) is 9.53 Å². The first kappa shape index (κ1) is 16.9. The molecule has 0 aromatic rings. The SMILES string of the molecule is CC(C)OC(=O)CCCCCCCCCCBr. The van der Waals surface area contributed by atoms with Crippen LogP contribution in [0.15, 0.2) is 0 Å². The number of halogens is 1. The third-order valence-electron chi connectivity index (χ3n) is 2.63. The van der Waals surface area contributed by atoms with Gasteiger partial charge in [0.1, 0.15) is 0 Å². The van der Waals surface area contributed by atoms with Crippen LogP contribution in [0.3, 0.4) is 0 Å². The summed E-state index contributed by atoms with van der Waals surface area (Å²) in [4.78, 5) is 11.2. The van der Waals surface area contributed by atoms with Gasteiger partial charge in [0.2, 0.25) is 0 Å². The van der Waals surface area contributed by atoms with Crippen LogP contribution in [-0.4, -0.2) is 17.4 Å². The van der Waals surface area contributed by atoms with Gasteiger partial charge in [-0.25, -0.2) is 0 Å². The zero-order valence-corrected chi connectivity index (χ0v) is 12.9. The highest BCUT2D eigenvalue weighted by Crippen LogP contribution is 2.10. The van der Waals surface area contributed by atoms with Gasteiger partial charge in [-0.3, -0.25) is 4.79 Å². The molecular weight excluding hydrogens is 280 g/mol. The Hall–Kier alpha value is -0.0500. The van der Waals surface area contributed by atoms with E-state index in [2.05, 4.69) is 15.9 Å². The maximum Gasteiger partial charge on any atom is 0.306 e. The molecule has 0 fully saturated rings. The quantitative estimate of drug-likeness (QED) is 0.310. The van der Waals surface area contributed by atoms with Crippen molar-refractivity contribution in [2.24, 2.45) is 0 Å². The largest absolute Gasteiger partial charge is 0.463 e. The molecule has 0 N–H and O–H groups in total. The van der Waals surface area contributed by atoms with Gasteiger partial charge in [0.05, 0.1) is 6.10 Å². The fourth-order valence-corrected chi connectivity index (χ4v) is 2.14. The number of ether oxygens (including phenoxy) is 1. The van der Waals surface area contributed by atoms with Crippen molar-refractivity contribution in [1.29, 1.82) is 0 Å². The van der Waals surface area contributed by atoms with Crippen molar-refractivity contribution in [1.82, 2.24) is 0 Å². The summed E-state index contributed by atoms with van der Waals surface area (Å²) in [6, 6.07) is 0. The van der Waals surface area contributed by atoms with Crippen molar-refractivity contribution in [3.63, 3.8) is 0 Å². The minimum atomic E-state index is -0.0441. The summed E-state index contributed by atoms with van der Waals surface area (Å²) in [6.07, 6.45) is 10.6. The van der Waals surface area contributed by atoms with Crippen LogP contribution in [0.5, 0.6) is 0 Å². The van der Waals surface area contributed by atoms with Gasteiger partial charge in [-0.15, -0.1) is 0 Å². The van der Waals surface area contributed by atoms with Crippen molar-refractivity contribution >= 4 is 21.9 Å². The highest BCUT2D eigenvalue weighted by molar-refractivity contribution is 9.09. The van der Waals surface area contributed by atoms with Gasteiger partial charge in [0, 0.05) is 11.8 Å². The number of carbonyl (C=O) groups excluding carboxylic acids is 1. The topological polar surface area (TPSA) is 26.3 Å². The van der Waals surface area contributed by atoms with E-state index in [9.17, 15) is 4.79 Å². The van der Waals surface area contributed by atoms with Crippen molar-refractivity contribution in [3.05, 3.63) is 0 Å². The van der Waals surface area contributed by atoms with Crippen LogP contribution >= 0.6 is 15.9 Å². The predicted octanol–water partition coefficient (Wildman–Crippen LogP) is 4.84. The molecule has 0 saturated heterocycles. The lowest BCUT2D eigenvalue weighted by Gasteiger charge is -2.07. The van der Waals surface area contributed by atoms with E-state index in [1.807, 2.05) is 13.8 Å². The second-order valence-corrected chi connectivity index (χ2v) is 5.60. The van der Waals surface area contributed by atoms with Crippen molar-refractivity contribution in [2.75, 3.05) is 5.33 Å². The lowest BCUT2D eigenvalue weighted by molar-refractivity contribution is -0.147. The van der Waals surface area contributed by atoms with E-state index in [0.29, 0.717) is 6.42 Å². The number of unbranched alkanes of at least 4 members (excludes halogenated alkanes) is 7. The molecule has 0 aromatic heterocycles. The number of hydrogen-bond donors (Lipinski definition) is 0. The summed E-state index contributed by atoms with van der Waals surface area (Å²) in [5.41, 5.74) is 0. The van der Waals surface area contributed by atoms with Crippen LogP contribution in [0, 0.1) is 0 Å². The van der Waals surface area contributed by atoms with E-state index in [1.165, 1.54) is 38.5 Å². The molecule has 0 rings (SSSR count). The van der Waals surface area contributed by atoms with Crippen LogP contribution in [0.4, 0.5) is 0 Å². The lowest BCUT2D eigenvalue weighted by Crippen LogP contribution is -2.10. The van der Waals surface area contributed by atoms with E-state index in [-0.39, 0.29) is 12.1 Å². The van der Waals surface area contributed by atoms with Gasteiger partial charge in [0.25, 0.3) is 0 Å². The Morgan fingerprint density at radius 3 is 1.88 bits per heavy atom. The van der Waals surface area contributed by atoms with Crippen LogP contribution in [0.25, 0.3) is 0 Å². The first-order valence-electron chi connectivity index (χ1n) is 6.92. The average molecular weight is 307 g/mol. The number of alkyl halides is 1. The molecule has 0 atom stereocenters. The number of carbonyl (C=O) groups is 1. The van der Waals surface area contributed by atoms with E-state index < -0.39 is 0 Å². The van der Waals surface area contributed by atoms with E-state index >= 15 is 0 Å². The van der Waals surface area contributed by atoms with Gasteiger partial charge in [-0.1, -0.05) is 54.5 Å².